The molecular weight excluding hydrogens is 699 g/mol. The molecule has 0 aliphatic heterocycles. The maximum atomic E-state index is 9.77. The summed E-state index contributed by atoms with van der Waals surface area (Å²) in [6.45, 7) is 11.6. The number of fused-ring (bicyclic) bond motifs is 3. The highest BCUT2D eigenvalue weighted by Gasteiger charge is 2.30. The Balaban J connectivity index is 1.35. The zero-order valence-electron chi connectivity index (χ0n) is 36.5. The summed E-state index contributed by atoms with van der Waals surface area (Å²) in [5.41, 5.74) is 13.3. The Hall–Kier alpha value is -7.22. The van der Waals surface area contributed by atoms with E-state index in [-0.39, 0.29) is 35.8 Å². The highest BCUT2D eigenvalue weighted by Crippen LogP contribution is 2.50. The zero-order chi connectivity index (χ0) is 43.2. The Morgan fingerprint density at radius 2 is 1.24 bits per heavy atom. The van der Waals surface area contributed by atoms with E-state index in [4.69, 9.17) is 0 Å². The first kappa shape index (κ1) is 33.0. The first-order valence-corrected chi connectivity index (χ1v) is 19.7. The van der Waals surface area contributed by atoms with Crippen LogP contribution >= 0.6 is 0 Å². The second kappa shape index (κ2) is 17.7. The largest absolute Gasteiger partial charge is 0.310 e. The predicted octanol–water partition coefficient (Wildman–Crippen LogP) is 15.9. The predicted molar refractivity (Wildman–Crippen MR) is 252 cm³/mol. The molecule has 0 N–H and O–H groups in total. The van der Waals surface area contributed by atoms with Crippen LogP contribution in [0, 0.1) is 0 Å². The van der Waals surface area contributed by atoms with Crippen molar-refractivity contribution < 1.29 is 5.48 Å². The van der Waals surface area contributed by atoms with Gasteiger partial charge in [-0.2, -0.15) is 0 Å². The van der Waals surface area contributed by atoms with Crippen LogP contribution in [0.1, 0.15) is 63.2 Å². The lowest BCUT2D eigenvalue weighted by Crippen LogP contribution is -2.11. The minimum Gasteiger partial charge on any atom is -0.310 e. The molecule has 1 nitrogen and oxygen atoms in total. The minimum atomic E-state index is -0.123. The highest BCUT2D eigenvalue weighted by molar-refractivity contribution is 5.88. The molecule has 0 amide bonds. The molecule has 1 atom stereocenters. The topological polar surface area (TPSA) is 3.24 Å². The van der Waals surface area contributed by atoms with Crippen molar-refractivity contribution in [3.05, 3.63) is 259 Å². The summed E-state index contributed by atoms with van der Waals surface area (Å²) in [4.78, 5) is 1.91. The van der Waals surface area contributed by atoms with Crippen LogP contribution in [-0.4, -0.2) is 0 Å². The van der Waals surface area contributed by atoms with Gasteiger partial charge in [-0.3, -0.25) is 0 Å². The molecular formula is C57H47N. The van der Waals surface area contributed by atoms with E-state index in [2.05, 4.69) is 111 Å². The van der Waals surface area contributed by atoms with Gasteiger partial charge >= 0.3 is 0 Å². The first-order valence-electron chi connectivity index (χ1n) is 21.7. The third-order valence-electron chi connectivity index (χ3n) is 10.6. The summed E-state index contributed by atoms with van der Waals surface area (Å²) >= 11 is 0. The van der Waals surface area contributed by atoms with E-state index in [1.54, 1.807) is 12.2 Å². The Bertz CT molecular complexity index is 2870. The molecule has 0 bridgehead atoms. The van der Waals surface area contributed by atoms with E-state index >= 15 is 0 Å². The molecule has 0 saturated heterocycles. The molecule has 58 heavy (non-hydrogen) atoms. The van der Waals surface area contributed by atoms with Crippen molar-refractivity contribution in [2.75, 3.05) is 4.90 Å². The molecule has 0 radical (unpaired) electrons. The number of nitrogens with zero attached hydrogens (tertiary/aromatic N) is 1. The summed E-state index contributed by atoms with van der Waals surface area (Å²) in [6, 6.07) is 49.1. The summed E-state index contributed by atoms with van der Waals surface area (Å²) < 4.78 is 38.7. The minimum absolute atomic E-state index is 0.0337. The van der Waals surface area contributed by atoms with Gasteiger partial charge in [0.2, 0.25) is 0 Å². The van der Waals surface area contributed by atoms with Crippen molar-refractivity contribution >= 4 is 40.9 Å². The number of allylic oxidation sites excluding steroid dienone is 6. The number of benzene rings is 7. The van der Waals surface area contributed by atoms with E-state index in [0.717, 1.165) is 50.2 Å². The van der Waals surface area contributed by atoms with Crippen molar-refractivity contribution in [1.82, 2.24) is 0 Å². The second-order valence-electron chi connectivity index (χ2n) is 14.3. The second-order valence-corrected chi connectivity index (χ2v) is 14.3. The van der Waals surface area contributed by atoms with Gasteiger partial charge < -0.3 is 4.90 Å². The standard InChI is InChI=1S/C57H47N/c1-4-7-21-43-30-31-49(39-47(43)23-9-6-3)48-26-18-27-51(40-48)58(50-34-32-44(33-35-50)46(22-8-5-2)38-42-19-12-10-13-20-42)52-36-37-54-53-28-16-17-29-55(53)57(56(54)41-52)45-24-14-11-15-25-45/h4-7,9-21,23-41,57H,1-3,8,22H2/b21-7-,23-9-,46-38-/i32D,33D,34D,35D. The zero-order valence-corrected chi connectivity index (χ0v) is 32.5. The van der Waals surface area contributed by atoms with Crippen LogP contribution in [0.15, 0.2) is 220 Å². The van der Waals surface area contributed by atoms with Gasteiger partial charge in [-0.1, -0.05) is 189 Å². The molecule has 8 rings (SSSR count). The average molecular weight is 750 g/mol. The van der Waals surface area contributed by atoms with E-state index in [1.807, 2.05) is 96.0 Å². The molecule has 0 spiro atoms. The van der Waals surface area contributed by atoms with Gasteiger partial charge in [-0.15, -0.1) is 6.58 Å². The van der Waals surface area contributed by atoms with Crippen LogP contribution in [0.25, 0.3) is 46.1 Å². The third kappa shape index (κ3) is 8.03. The SMILES string of the molecule is [2H]c1c([2H])c(N(c2cccc(-c3ccc(/C=C\C=C)c(/C=C\C=C)c3)c2)c2ccc3c(c2)C(c2ccccc2)c2ccccc2-3)c([2H])c([2H])c1/C(=C\c1ccccc1)CCC=C. The van der Waals surface area contributed by atoms with Gasteiger partial charge in [0, 0.05) is 23.0 Å². The van der Waals surface area contributed by atoms with Crippen molar-refractivity contribution in [2.45, 2.75) is 18.8 Å². The monoisotopic (exact) mass is 749 g/mol. The number of hydrogen-bond acceptors (Lipinski definition) is 1. The van der Waals surface area contributed by atoms with Crippen LogP contribution in [0.3, 0.4) is 0 Å². The third-order valence-corrected chi connectivity index (χ3v) is 10.6. The lowest BCUT2D eigenvalue weighted by atomic mass is 9.89. The van der Waals surface area contributed by atoms with Gasteiger partial charge in [-0.05, 0) is 122 Å². The molecule has 0 saturated carbocycles. The van der Waals surface area contributed by atoms with Gasteiger partial charge in [0.05, 0.1) is 5.48 Å². The highest BCUT2D eigenvalue weighted by atomic mass is 15.1. The van der Waals surface area contributed by atoms with Crippen LogP contribution in [0.2, 0.25) is 0 Å². The lowest BCUT2D eigenvalue weighted by molar-refractivity contribution is 1.01. The van der Waals surface area contributed by atoms with E-state index < -0.39 is 0 Å². The summed E-state index contributed by atoms with van der Waals surface area (Å²) in [6.07, 6.45) is 16.3. The molecule has 0 aromatic heterocycles. The molecule has 1 aliphatic rings. The number of hydrogen-bond donors (Lipinski definition) is 0. The smallest absolute Gasteiger partial charge is 0.0645 e. The normalized spacial score (nSPS) is 14.3. The summed E-state index contributed by atoms with van der Waals surface area (Å²) in [5.74, 6) is -0.0337. The van der Waals surface area contributed by atoms with Gasteiger partial charge in [-0.25, -0.2) is 0 Å². The van der Waals surface area contributed by atoms with Crippen molar-refractivity contribution in [2.24, 2.45) is 0 Å². The van der Waals surface area contributed by atoms with Crippen LogP contribution in [-0.2, 0) is 0 Å². The van der Waals surface area contributed by atoms with Gasteiger partial charge in [0.25, 0.3) is 0 Å². The van der Waals surface area contributed by atoms with Crippen molar-refractivity contribution in [1.29, 1.82) is 0 Å². The maximum Gasteiger partial charge on any atom is 0.0645 e. The fourth-order valence-electron chi connectivity index (χ4n) is 7.82. The molecule has 0 fully saturated rings. The first-order chi connectivity index (χ1) is 30.3. The van der Waals surface area contributed by atoms with Crippen molar-refractivity contribution in [3.63, 3.8) is 0 Å². The maximum absolute atomic E-state index is 9.77. The Labute approximate surface area is 349 Å². The average Bonchev–Trinajstić information content (AvgIpc) is 3.64. The lowest BCUT2D eigenvalue weighted by Gasteiger charge is -2.27. The molecule has 1 heteroatoms. The van der Waals surface area contributed by atoms with Gasteiger partial charge in [0.15, 0.2) is 0 Å². The molecule has 7 aromatic rings. The summed E-state index contributed by atoms with van der Waals surface area (Å²) in [5, 5.41) is 0. The molecule has 280 valence electrons. The van der Waals surface area contributed by atoms with E-state index in [1.165, 1.54) is 16.7 Å². The molecule has 0 heterocycles. The fourth-order valence-corrected chi connectivity index (χ4v) is 7.82. The fraction of sp³-hybridized carbons (Fsp3) is 0.0526. The number of rotatable bonds is 14. The Morgan fingerprint density at radius 3 is 2.00 bits per heavy atom. The van der Waals surface area contributed by atoms with Crippen LogP contribution in [0.4, 0.5) is 17.1 Å². The summed E-state index contributed by atoms with van der Waals surface area (Å²) in [7, 11) is 0. The quantitative estimate of drug-likeness (QED) is 0.0608. The molecule has 1 unspecified atom stereocenters. The van der Waals surface area contributed by atoms with E-state index in [9.17, 15) is 5.48 Å². The van der Waals surface area contributed by atoms with Crippen molar-refractivity contribution in [3.8, 4) is 22.3 Å². The molecule has 7 aromatic carbocycles. The number of anilines is 3. The van der Waals surface area contributed by atoms with E-state index in [0.29, 0.717) is 24.1 Å². The van der Waals surface area contributed by atoms with Crippen LogP contribution < -0.4 is 4.90 Å². The molecule has 1 aliphatic carbocycles. The Morgan fingerprint density at radius 1 is 0.569 bits per heavy atom. The van der Waals surface area contributed by atoms with Crippen LogP contribution in [0.5, 0.6) is 0 Å². The van der Waals surface area contributed by atoms with Gasteiger partial charge in [0.1, 0.15) is 0 Å². The Kier molecular flexibility index (Phi) is 10.1.